The van der Waals surface area contributed by atoms with Crippen LogP contribution in [-0.2, 0) is 11.2 Å². The Labute approximate surface area is 107 Å². The van der Waals surface area contributed by atoms with Crippen molar-refractivity contribution in [2.24, 2.45) is 5.73 Å². The van der Waals surface area contributed by atoms with Crippen molar-refractivity contribution in [1.82, 2.24) is 15.3 Å². The van der Waals surface area contributed by atoms with E-state index in [-0.39, 0.29) is 5.91 Å². The molecule has 98 valence electrons. The van der Waals surface area contributed by atoms with Crippen LogP contribution in [0.25, 0.3) is 0 Å². The summed E-state index contributed by atoms with van der Waals surface area (Å²) in [5.74, 6) is 0.956. The van der Waals surface area contributed by atoms with E-state index in [4.69, 9.17) is 5.73 Å². The summed E-state index contributed by atoms with van der Waals surface area (Å²) in [5, 5.41) is 3.39. The zero-order valence-electron chi connectivity index (χ0n) is 10.8. The van der Waals surface area contributed by atoms with E-state index in [9.17, 15) is 4.79 Å². The highest BCUT2D eigenvalue weighted by Gasteiger charge is 2.17. The maximum absolute atomic E-state index is 10.8. The quantitative estimate of drug-likeness (QED) is 0.820. The zero-order valence-corrected chi connectivity index (χ0v) is 10.8. The molecule has 1 fully saturated rings. The second kappa shape index (κ2) is 5.91. The van der Waals surface area contributed by atoms with E-state index in [1.807, 2.05) is 13.0 Å². The molecule has 18 heavy (non-hydrogen) atoms. The summed E-state index contributed by atoms with van der Waals surface area (Å²) >= 11 is 0. The first-order valence-electron chi connectivity index (χ1n) is 6.48. The van der Waals surface area contributed by atoms with Crippen molar-refractivity contribution in [1.29, 1.82) is 0 Å². The average Bonchev–Trinajstić information content (AvgIpc) is 2.37. The molecule has 1 aliphatic rings. The van der Waals surface area contributed by atoms with E-state index in [0.717, 1.165) is 30.3 Å². The van der Waals surface area contributed by atoms with Crippen molar-refractivity contribution in [3.05, 3.63) is 23.3 Å². The molecule has 1 saturated heterocycles. The van der Waals surface area contributed by atoms with Crippen molar-refractivity contribution >= 4 is 5.91 Å². The molecule has 1 aromatic heterocycles. The second-order valence-electron chi connectivity index (χ2n) is 4.84. The lowest BCUT2D eigenvalue weighted by molar-refractivity contribution is -0.118. The van der Waals surface area contributed by atoms with Crippen LogP contribution >= 0.6 is 0 Å². The van der Waals surface area contributed by atoms with Gasteiger partial charge in [0.05, 0.1) is 0 Å². The van der Waals surface area contributed by atoms with Gasteiger partial charge in [0.2, 0.25) is 5.91 Å². The van der Waals surface area contributed by atoms with E-state index < -0.39 is 0 Å². The number of primary amides is 1. The number of hydrogen-bond donors (Lipinski definition) is 2. The molecule has 3 N–H and O–H groups in total. The van der Waals surface area contributed by atoms with E-state index in [2.05, 4.69) is 15.3 Å². The molecule has 1 unspecified atom stereocenters. The molecular formula is C13H20N4O. The Bertz CT molecular complexity index is 427. The van der Waals surface area contributed by atoms with Gasteiger partial charge in [-0.15, -0.1) is 0 Å². The largest absolute Gasteiger partial charge is 0.370 e. The van der Waals surface area contributed by atoms with Gasteiger partial charge in [0.25, 0.3) is 0 Å². The Morgan fingerprint density at radius 3 is 3.06 bits per heavy atom. The number of hydrogen-bond acceptors (Lipinski definition) is 4. The first-order chi connectivity index (χ1) is 8.65. The lowest BCUT2D eigenvalue weighted by atomic mass is 9.95. The standard InChI is InChI=1S/C13H20N4O/c1-9-16-11(4-5-13(14)18)7-12(17-9)10-3-2-6-15-8-10/h7,10,15H,2-6,8H2,1H3,(H2,14,18). The molecule has 2 rings (SSSR count). The first-order valence-corrected chi connectivity index (χ1v) is 6.48. The van der Waals surface area contributed by atoms with Gasteiger partial charge in [0.1, 0.15) is 5.82 Å². The molecule has 0 spiro atoms. The zero-order chi connectivity index (χ0) is 13.0. The SMILES string of the molecule is Cc1nc(CCC(N)=O)cc(C2CCCNC2)n1. The minimum atomic E-state index is -0.285. The van der Waals surface area contributed by atoms with Crippen molar-refractivity contribution in [3.63, 3.8) is 0 Å². The summed E-state index contributed by atoms with van der Waals surface area (Å²) in [5.41, 5.74) is 7.18. The van der Waals surface area contributed by atoms with E-state index in [0.29, 0.717) is 18.8 Å². The van der Waals surface area contributed by atoms with Crippen LogP contribution in [0.2, 0.25) is 0 Å². The number of aryl methyl sites for hydroxylation is 2. The molecule has 0 aromatic carbocycles. The highest BCUT2D eigenvalue weighted by atomic mass is 16.1. The van der Waals surface area contributed by atoms with Crippen LogP contribution < -0.4 is 11.1 Å². The number of aromatic nitrogens is 2. The number of nitrogens with one attached hydrogen (secondary N) is 1. The molecule has 0 radical (unpaired) electrons. The lowest BCUT2D eigenvalue weighted by Crippen LogP contribution is -2.29. The van der Waals surface area contributed by atoms with Crippen LogP contribution in [0.1, 0.15) is 42.4 Å². The van der Waals surface area contributed by atoms with Gasteiger partial charge in [-0.2, -0.15) is 0 Å². The predicted molar refractivity (Wildman–Crippen MR) is 69.1 cm³/mol. The Kier molecular flexibility index (Phi) is 4.25. The Hall–Kier alpha value is -1.49. The number of carbonyl (C=O) groups is 1. The van der Waals surface area contributed by atoms with Crippen molar-refractivity contribution in [3.8, 4) is 0 Å². The summed E-state index contributed by atoms with van der Waals surface area (Å²) < 4.78 is 0. The number of nitrogens with zero attached hydrogens (tertiary/aromatic N) is 2. The molecular weight excluding hydrogens is 228 g/mol. The van der Waals surface area contributed by atoms with Crippen molar-refractivity contribution in [2.75, 3.05) is 13.1 Å². The smallest absolute Gasteiger partial charge is 0.217 e. The number of amides is 1. The summed E-state index contributed by atoms with van der Waals surface area (Å²) in [6.07, 6.45) is 3.30. The van der Waals surface area contributed by atoms with Crippen LogP contribution in [0, 0.1) is 6.92 Å². The third-order valence-corrected chi connectivity index (χ3v) is 3.25. The van der Waals surface area contributed by atoms with Gasteiger partial charge in [-0.05, 0) is 38.8 Å². The average molecular weight is 248 g/mol. The van der Waals surface area contributed by atoms with Gasteiger partial charge in [0, 0.05) is 30.3 Å². The fourth-order valence-electron chi connectivity index (χ4n) is 2.35. The molecule has 5 nitrogen and oxygen atoms in total. The predicted octanol–water partition coefficient (Wildman–Crippen LogP) is 0.670. The van der Waals surface area contributed by atoms with Gasteiger partial charge in [-0.25, -0.2) is 9.97 Å². The van der Waals surface area contributed by atoms with E-state index in [1.54, 1.807) is 0 Å². The monoisotopic (exact) mass is 248 g/mol. The van der Waals surface area contributed by atoms with Gasteiger partial charge in [0.15, 0.2) is 0 Å². The van der Waals surface area contributed by atoms with Crippen LogP contribution in [0.3, 0.4) is 0 Å². The Morgan fingerprint density at radius 1 is 1.56 bits per heavy atom. The van der Waals surface area contributed by atoms with Crippen LogP contribution in [0.15, 0.2) is 6.07 Å². The summed E-state index contributed by atoms with van der Waals surface area (Å²) in [6, 6.07) is 2.02. The molecule has 1 amide bonds. The Balaban J connectivity index is 2.12. The van der Waals surface area contributed by atoms with Gasteiger partial charge >= 0.3 is 0 Å². The number of piperidine rings is 1. The summed E-state index contributed by atoms with van der Waals surface area (Å²) in [4.78, 5) is 19.7. The van der Waals surface area contributed by atoms with Gasteiger partial charge < -0.3 is 11.1 Å². The summed E-state index contributed by atoms with van der Waals surface area (Å²) in [7, 11) is 0. The van der Waals surface area contributed by atoms with Crippen molar-refractivity contribution < 1.29 is 4.79 Å². The van der Waals surface area contributed by atoms with Crippen molar-refractivity contribution in [2.45, 2.75) is 38.5 Å². The van der Waals surface area contributed by atoms with Crippen LogP contribution in [0.4, 0.5) is 0 Å². The Morgan fingerprint density at radius 2 is 2.39 bits per heavy atom. The van der Waals surface area contributed by atoms with E-state index in [1.165, 1.54) is 12.8 Å². The fourth-order valence-corrected chi connectivity index (χ4v) is 2.35. The minimum absolute atomic E-state index is 0.285. The third-order valence-electron chi connectivity index (χ3n) is 3.25. The lowest BCUT2D eigenvalue weighted by Gasteiger charge is -2.22. The number of rotatable bonds is 4. The van der Waals surface area contributed by atoms with Gasteiger partial charge in [-0.1, -0.05) is 0 Å². The normalized spacial score (nSPS) is 19.7. The molecule has 0 aliphatic carbocycles. The fraction of sp³-hybridized carbons (Fsp3) is 0.615. The number of nitrogens with two attached hydrogens (primary N) is 1. The second-order valence-corrected chi connectivity index (χ2v) is 4.84. The molecule has 0 bridgehead atoms. The van der Waals surface area contributed by atoms with Crippen LogP contribution in [-0.4, -0.2) is 29.0 Å². The molecule has 1 aromatic rings. The molecule has 2 heterocycles. The first kappa shape index (κ1) is 13.0. The highest BCUT2D eigenvalue weighted by molar-refractivity contribution is 5.73. The minimum Gasteiger partial charge on any atom is -0.370 e. The maximum atomic E-state index is 10.8. The topological polar surface area (TPSA) is 80.9 Å². The van der Waals surface area contributed by atoms with Crippen LogP contribution in [0.5, 0.6) is 0 Å². The third kappa shape index (κ3) is 3.50. The molecule has 0 saturated carbocycles. The molecule has 1 aliphatic heterocycles. The number of carbonyl (C=O) groups excluding carboxylic acids is 1. The highest BCUT2D eigenvalue weighted by Crippen LogP contribution is 2.22. The van der Waals surface area contributed by atoms with E-state index >= 15 is 0 Å². The molecule has 5 heteroatoms. The molecule has 1 atom stereocenters. The maximum Gasteiger partial charge on any atom is 0.217 e. The summed E-state index contributed by atoms with van der Waals surface area (Å²) in [6.45, 7) is 3.97. The van der Waals surface area contributed by atoms with Gasteiger partial charge in [-0.3, -0.25) is 4.79 Å².